The lowest BCUT2D eigenvalue weighted by Gasteiger charge is -2.07. The number of carbonyl (C=O) groups excluding carboxylic acids is 1. The average Bonchev–Trinajstić information content (AvgIpc) is 2.57. The summed E-state index contributed by atoms with van der Waals surface area (Å²) in [4.78, 5) is 12.1. The maximum absolute atomic E-state index is 12.1. The third kappa shape index (κ3) is 4.31. The molecule has 0 atom stereocenters. The molecule has 0 saturated carbocycles. The van der Waals surface area contributed by atoms with E-state index < -0.39 is 0 Å². The molecule has 0 radical (unpaired) electrons. The third-order valence-electron chi connectivity index (χ3n) is 2.77. The molecule has 2 N–H and O–H groups in total. The molecule has 0 saturated heterocycles. The van der Waals surface area contributed by atoms with E-state index in [4.69, 9.17) is 22.1 Å². The van der Waals surface area contributed by atoms with Crippen molar-refractivity contribution in [3.05, 3.63) is 59.1 Å². The standard InChI is InChI=1S/C16H10ClN5O/c17-15-4-2-1-3-14(15)16(23)20-11-5-7-12(8-6-11)21-22-13(9-18)10-19/h1-8,21H,(H,20,23). The van der Waals surface area contributed by atoms with E-state index in [0.29, 0.717) is 22.0 Å². The van der Waals surface area contributed by atoms with E-state index in [9.17, 15) is 4.79 Å². The van der Waals surface area contributed by atoms with Gasteiger partial charge in [-0.05, 0) is 36.4 Å². The molecule has 0 unspecified atom stereocenters. The molecule has 2 aromatic carbocycles. The van der Waals surface area contributed by atoms with Gasteiger partial charge in [-0.2, -0.15) is 15.6 Å². The van der Waals surface area contributed by atoms with E-state index in [1.165, 1.54) is 0 Å². The molecule has 0 spiro atoms. The first-order valence-corrected chi connectivity index (χ1v) is 6.81. The molecule has 1 amide bonds. The summed E-state index contributed by atoms with van der Waals surface area (Å²) in [5.41, 5.74) is 3.83. The second-order valence-electron chi connectivity index (χ2n) is 4.31. The lowest BCUT2D eigenvalue weighted by Crippen LogP contribution is -2.12. The fourth-order valence-electron chi connectivity index (χ4n) is 1.67. The highest BCUT2D eigenvalue weighted by Crippen LogP contribution is 2.18. The van der Waals surface area contributed by atoms with E-state index in [2.05, 4.69) is 15.8 Å². The smallest absolute Gasteiger partial charge is 0.257 e. The number of nitrogens with zero attached hydrogens (tertiary/aromatic N) is 3. The molecule has 2 rings (SSSR count). The first kappa shape index (κ1) is 16.0. The SMILES string of the molecule is N#CC(C#N)=NNc1ccc(NC(=O)c2ccccc2Cl)cc1. The van der Waals surface area contributed by atoms with Crippen LogP contribution in [0.2, 0.25) is 5.02 Å². The van der Waals surface area contributed by atoms with Crippen LogP contribution in [0.1, 0.15) is 10.4 Å². The van der Waals surface area contributed by atoms with Crippen molar-refractivity contribution >= 4 is 34.6 Å². The zero-order valence-corrected chi connectivity index (χ0v) is 12.5. The molecule has 6 nitrogen and oxygen atoms in total. The predicted molar refractivity (Wildman–Crippen MR) is 88.1 cm³/mol. The van der Waals surface area contributed by atoms with Crippen molar-refractivity contribution < 1.29 is 4.79 Å². The second-order valence-corrected chi connectivity index (χ2v) is 4.71. The Morgan fingerprint density at radius 2 is 1.61 bits per heavy atom. The van der Waals surface area contributed by atoms with Gasteiger partial charge in [0, 0.05) is 5.69 Å². The molecular formula is C16H10ClN5O. The van der Waals surface area contributed by atoms with Crippen molar-refractivity contribution in [2.75, 3.05) is 10.7 Å². The zero-order valence-electron chi connectivity index (χ0n) is 11.7. The summed E-state index contributed by atoms with van der Waals surface area (Å²) >= 11 is 5.97. The largest absolute Gasteiger partial charge is 0.322 e. The molecule has 0 heterocycles. The van der Waals surface area contributed by atoms with E-state index in [0.717, 1.165) is 0 Å². The quantitative estimate of drug-likeness (QED) is 0.665. The first-order chi connectivity index (χ1) is 11.1. The molecule has 0 bridgehead atoms. The van der Waals surface area contributed by atoms with Crippen LogP contribution < -0.4 is 10.7 Å². The van der Waals surface area contributed by atoms with E-state index in [1.807, 2.05) is 0 Å². The highest BCUT2D eigenvalue weighted by atomic mass is 35.5. The molecule has 23 heavy (non-hydrogen) atoms. The molecule has 2 aromatic rings. The van der Waals surface area contributed by atoms with Crippen LogP contribution >= 0.6 is 11.6 Å². The van der Waals surface area contributed by atoms with Gasteiger partial charge >= 0.3 is 0 Å². The Balaban J connectivity index is 2.05. The number of hydrazone groups is 1. The zero-order chi connectivity index (χ0) is 16.7. The Labute approximate surface area is 137 Å². The Bertz CT molecular complexity index is 815. The topological polar surface area (TPSA) is 101 Å². The fraction of sp³-hybridized carbons (Fsp3) is 0. The molecule has 112 valence electrons. The van der Waals surface area contributed by atoms with Crippen LogP contribution in [0.25, 0.3) is 0 Å². The number of carbonyl (C=O) groups is 1. The summed E-state index contributed by atoms with van der Waals surface area (Å²) < 4.78 is 0. The van der Waals surface area contributed by atoms with Gasteiger partial charge in [0.15, 0.2) is 0 Å². The van der Waals surface area contributed by atoms with Crippen molar-refractivity contribution in [1.29, 1.82) is 10.5 Å². The van der Waals surface area contributed by atoms with Gasteiger partial charge in [0.2, 0.25) is 5.71 Å². The van der Waals surface area contributed by atoms with Crippen LogP contribution in [0.4, 0.5) is 11.4 Å². The van der Waals surface area contributed by atoms with E-state index >= 15 is 0 Å². The van der Waals surface area contributed by atoms with Crippen LogP contribution in [0, 0.1) is 22.7 Å². The van der Waals surface area contributed by atoms with Crippen LogP contribution in [-0.4, -0.2) is 11.6 Å². The van der Waals surface area contributed by atoms with Crippen molar-refractivity contribution in [3.8, 4) is 12.1 Å². The van der Waals surface area contributed by atoms with Crippen molar-refractivity contribution in [1.82, 2.24) is 0 Å². The summed E-state index contributed by atoms with van der Waals surface area (Å²) in [7, 11) is 0. The summed E-state index contributed by atoms with van der Waals surface area (Å²) in [6.45, 7) is 0. The Morgan fingerprint density at radius 3 is 2.22 bits per heavy atom. The minimum absolute atomic E-state index is 0.277. The summed E-state index contributed by atoms with van der Waals surface area (Å²) in [6.07, 6.45) is 0. The van der Waals surface area contributed by atoms with Gasteiger partial charge in [0.05, 0.1) is 16.3 Å². The molecule has 0 aliphatic heterocycles. The number of anilines is 2. The number of hydrogen-bond donors (Lipinski definition) is 2. The number of hydrogen-bond acceptors (Lipinski definition) is 5. The number of benzene rings is 2. The maximum atomic E-state index is 12.1. The van der Waals surface area contributed by atoms with Crippen LogP contribution in [0.3, 0.4) is 0 Å². The van der Waals surface area contributed by atoms with Crippen molar-refractivity contribution in [3.63, 3.8) is 0 Å². The summed E-state index contributed by atoms with van der Waals surface area (Å²) in [5.74, 6) is -0.314. The van der Waals surface area contributed by atoms with E-state index in [1.54, 1.807) is 60.7 Å². The number of nitrogens with one attached hydrogen (secondary N) is 2. The Morgan fingerprint density at radius 1 is 1.00 bits per heavy atom. The number of rotatable bonds is 4. The highest BCUT2D eigenvalue weighted by Gasteiger charge is 2.09. The van der Waals surface area contributed by atoms with Gasteiger partial charge in [0.1, 0.15) is 12.1 Å². The Kier molecular flexibility index (Phi) is 5.30. The third-order valence-corrected chi connectivity index (χ3v) is 3.10. The van der Waals surface area contributed by atoms with Crippen molar-refractivity contribution in [2.24, 2.45) is 5.10 Å². The summed E-state index contributed by atoms with van der Waals surface area (Å²) in [5, 5.41) is 23.9. The minimum atomic E-state index is -0.314. The average molecular weight is 324 g/mol. The van der Waals surface area contributed by atoms with Gasteiger partial charge in [0.25, 0.3) is 5.91 Å². The second kappa shape index (κ2) is 7.60. The molecule has 0 aromatic heterocycles. The molecule has 7 heteroatoms. The van der Waals surface area contributed by atoms with E-state index in [-0.39, 0.29) is 11.6 Å². The van der Waals surface area contributed by atoms with Gasteiger partial charge in [-0.25, -0.2) is 0 Å². The lowest BCUT2D eigenvalue weighted by atomic mass is 10.2. The number of halogens is 1. The predicted octanol–water partition coefficient (Wildman–Crippen LogP) is 3.41. The van der Waals surface area contributed by atoms with Crippen LogP contribution in [-0.2, 0) is 0 Å². The molecule has 0 aliphatic rings. The van der Waals surface area contributed by atoms with Crippen LogP contribution in [0.5, 0.6) is 0 Å². The number of nitriles is 2. The highest BCUT2D eigenvalue weighted by molar-refractivity contribution is 6.34. The van der Waals surface area contributed by atoms with Gasteiger partial charge < -0.3 is 5.32 Å². The van der Waals surface area contributed by atoms with Gasteiger partial charge in [-0.3, -0.25) is 10.2 Å². The number of amides is 1. The molecule has 0 fully saturated rings. The van der Waals surface area contributed by atoms with Gasteiger partial charge in [-0.1, -0.05) is 23.7 Å². The normalized spacial score (nSPS) is 9.17. The van der Waals surface area contributed by atoms with Gasteiger partial charge in [-0.15, -0.1) is 0 Å². The summed E-state index contributed by atoms with van der Waals surface area (Å²) in [6, 6.07) is 16.6. The molecular weight excluding hydrogens is 314 g/mol. The fourth-order valence-corrected chi connectivity index (χ4v) is 1.89. The van der Waals surface area contributed by atoms with Crippen LogP contribution in [0.15, 0.2) is 53.6 Å². The monoisotopic (exact) mass is 323 g/mol. The van der Waals surface area contributed by atoms with Crippen molar-refractivity contribution in [2.45, 2.75) is 0 Å². The minimum Gasteiger partial charge on any atom is -0.322 e. The first-order valence-electron chi connectivity index (χ1n) is 6.44. The Hall–Kier alpha value is -3.35. The lowest BCUT2D eigenvalue weighted by molar-refractivity contribution is 0.102. The maximum Gasteiger partial charge on any atom is 0.257 e. The molecule has 0 aliphatic carbocycles.